The van der Waals surface area contributed by atoms with Crippen LogP contribution in [0.3, 0.4) is 0 Å². The van der Waals surface area contributed by atoms with Crippen LogP contribution < -0.4 is 0 Å². The van der Waals surface area contributed by atoms with Gasteiger partial charge in [-0.1, -0.05) is 53.7 Å². The van der Waals surface area contributed by atoms with E-state index in [1.807, 2.05) is 0 Å². The number of carbonyl (C=O) groups excluding carboxylic acids is 1. The summed E-state index contributed by atoms with van der Waals surface area (Å²) in [6.45, 7) is 19.0. The van der Waals surface area contributed by atoms with Crippen molar-refractivity contribution in [3.8, 4) is 0 Å². The lowest BCUT2D eigenvalue weighted by molar-refractivity contribution is -0.157. The Kier molecular flexibility index (Phi) is 5.43. The van der Waals surface area contributed by atoms with Gasteiger partial charge in [0.15, 0.2) is 0 Å². The molecule has 0 amide bonds. The van der Waals surface area contributed by atoms with Crippen molar-refractivity contribution in [2.24, 2.45) is 56.7 Å². The Hall–Kier alpha value is -0.630. The number of ketones is 1. The van der Waals surface area contributed by atoms with E-state index in [-0.39, 0.29) is 17.9 Å². The molecule has 0 bridgehead atoms. The zero-order valence-corrected chi connectivity index (χ0v) is 22.4. The van der Waals surface area contributed by atoms with Crippen LogP contribution >= 0.6 is 0 Å². The van der Waals surface area contributed by atoms with E-state index in [2.05, 4.69) is 48.1 Å². The van der Waals surface area contributed by atoms with Crippen molar-refractivity contribution in [1.82, 2.24) is 0 Å². The standard InChI is InChI=1S/C31H50O2/c1-20(22(3)18-32)8-9-21(2)23-12-14-29(7)25-11-10-24-27(4,5)26(33)13-15-30(24)19-31(25,30)17-16-28(23,29)6/h21-25,32H,1,8-19H2,2-7H3/t21-,22-,23-,24+,25+,28+,29+,30+,31-/m1/s1. The van der Waals surface area contributed by atoms with Gasteiger partial charge in [-0.3, -0.25) is 4.79 Å². The monoisotopic (exact) mass is 454 g/mol. The molecule has 5 saturated carbocycles. The third-order valence-electron chi connectivity index (χ3n) is 13.5. The first-order chi connectivity index (χ1) is 15.4. The second-order valence-electron chi connectivity index (χ2n) is 14.6. The van der Waals surface area contributed by atoms with Gasteiger partial charge < -0.3 is 5.11 Å². The van der Waals surface area contributed by atoms with Gasteiger partial charge in [-0.05, 0) is 115 Å². The molecule has 2 nitrogen and oxygen atoms in total. The fourth-order valence-electron chi connectivity index (χ4n) is 11.1. The zero-order chi connectivity index (χ0) is 24.0. The maximum absolute atomic E-state index is 12.9. The fraction of sp³-hybridized carbons (Fsp3) is 0.903. The van der Waals surface area contributed by atoms with Crippen molar-refractivity contribution in [3.05, 3.63) is 12.2 Å². The SMILES string of the molecule is C=C(CC[C@@H](C)[C@H]1CC[C@@]2(C)[C@@H]3CC[C@H]4C(C)(C)C(=O)CC[C@]45C[C@]35CC[C@@]12C)[C@H](C)CO. The number of aliphatic hydroxyl groups is 1. The molecular weight excluding hydrogens is 404 g/mol. The van der Waals surface area contributed by atoms with E-state index < -0.39 is 0 Å². The molecule has 5 rings (SSSR count). The van der Waals surface area contributed by atoms with E-state index in [0.29, 0.717) is 33.4 Å². The molecule has 0 saturated heterocycles. The summed E-state index contributed by atoms with van der Waals surface area (Å²) in [5.41, 5.74) is 3.06. The summed E-state index contributed by atoms with van der Waals surface area (Å²) in [7, 11) is 0. The van der Waals surface area contributed by atoms with Crippen LogP contribution in [0.2, 0.25) is 0 Å². The van der Waals surface area contributed by atoms with Crippen LogP contribution in [0.15, 0.2) is 12.2 Å². The van der Waals surface area contributed by atoms with Crippen LogP contribution in [0, 0.1) is 56.7 Å². The van der Waals surface area contributed by atoms with Gasteiger partial charge in [0.05, 0.1) is 0 Å². The first-order valence-electron chi connectivity index (χ1n) is 14.2. The van der Waals surface area contributed by atoms with E-state index >= 15 is 0 Å². The van der Waals surface area contributed by atoms with Gasteiger partial charge >= 0.3 is 0 Å². The molecule has 186 valence electrons. The third-order valence-corrected chi connectivity index (χ3v) is 13.5. The zero-order valence-electron chi connectivity index (χ0n) is 22.4. The number of hydrogen-bond acceptors (Lipinski definition) is 2. The molecule has 9 atom stereocenters. The first-order valence-corrected chi connectivity index (χ1v) is 14.2. The van der Waals surface area contributed by atoms with E-state index in [1.165, 1.54) is 63.4 Å². The van der Waals surface area contributed by atoms with Crippen LogP contribution in [0.4, 0.5) is 0 Å². The van der Waals surface area contributed by atoms with Crippen LogP contribution in [0.25, 0.3) is 0 Å². The summed E-state index contributed by atoms with van der Waals surface area (Å²) in [6, 6.07) is 0. The Bertz CT molecular complexity index is 842. The fourth-order valence-corrected chi connectivity index (χ4v) is 11.1. The summed E-state index contributed by atoms with van der Waals surface area (Å²) in [5, 5.41) is 9.50. The second kappa shape index (κ2) is 7.44. The summed E-state index contributed by atoms with van der Waals surface area (Å²) in [5.74, 6) is 3.80. The normalized spacial score (nSPS) is 49.3. The van der Waals surface area contributed by atoms with Crippen molar-refractivity contribution in [2.45, 2.75) is 112 Å². The first kappa shape index (κ1) is 24.1. The van der Waals surface area contributed by atoms with Crippen molar-refractivity contribution in [3.63, 3.8) is 0 Å². The lowest BCUT2D eigenvalue weighted by Crippen LogP contribution is -2.57. The lowest BCUT2D eigenvalue weighted by Gasteiger charge is -2.62. The van der Waals surface area contributed by atoms with E-state index in [1.54, 1.807) is 0 Å². The van der Waals surface area contributed by atoms with Crippen molar-refractivity contribution in [2.75, 3.05) is 6.61 Å². The predicted molar refractivity (Wildman–Crippen MR) is 136 cm³/mol. The van der Waals surface area contributed by atoms with E-state index in [0.717, 1.165) is 30.6 Å². The molecule has 5 fully saturated rings. The van der Waals surface area contributed by atoms with Gasteiger partial charge in [-0.2, -0.15) is 0 Å². The molecule has 0 radical (unpaired) electrons. The molecule has 0 aromatic heterocycles. The molecule has 0 heterocycles. The average molecular weight is 455 g/mol. The maximum atomic E-state index is 12.9. The van der Waals surface area contributed by atoms with Crippen LogP contribution in [-0.2, 0) is 4.79 Å². The minimum atomic E-state index is -0.102. The molecule has 2 spiro atoms. The van der Waals surface area contributed by atoms with Crippen molar-refractivity contribution in [1.29, 1.82) is 0 Å². The summed E-state index contributed by atoms with van der Waals surface area (Å²) < 4.78 is 0. The highest BCUT2D eigenvalue weighted by Crippen LogP contribution is 2.88. The Morgan fingerprint density at radius 2 is 1.64 bits per heavy atom. The molecule has 0 aromatic rings. The van der Waals surface area contributed by atoms with E-state index in [9.17, 15) is 9.90 Å². The minimum Gasteiger partial charge on any atom is -0.396 e. The molecule has 33 heavy (non-hydrogen) atoms. The average Bonchev–Trinajstić information content (AvgIpc) is 3.36. The quantitative estimate of drug-likeness (QED) is 0.420. The molecule has 0 unspecified atom stereocenters. The molecule has 5 aliphatic carbocycles. The van der Waals surface area contributed by atoms with Gasteiger partial charge in [0, 0.05) is 18.4 Å². The van der Waals surface area contributed by atoms with Crippen LogP contribution in [0.5, 0.6) is 0 Å². The highest BCUT2D eigenvalue weighted by atomic mass is 16.3. The molecule has 1 N–H and O–H groups in total. The Balaban J connectivity index is 1.37. The molecule has 0 aliphatic heterocycles. The Labute approximate surface area is 203 Å². The number of carbonyl (C=O) groups is 1. The van der Waals surface area contributed by atoms with Crippen LogP contribution in [-0.4, -0.2) is 17.5 Å². The number of Topliss-reactive ketones (excluding diaryl/α,β-unsaturated/α-hetero) is 1. The number of hydrogen-bond donors (Lipinski definition) is 1. The second-order valence-corrected chi connectivity index (χ2v) is 14.6. The predicted octanol–water partition coefficient (Wildman–Crippen LogP) is 7.60. The maximum Gasteiger partial charge on any atom is 0.138 e. The van der Waals surface area contributed by atoms with Gasteiger partial charge in [0.2, 0.25) is 0 Å². The summed E-state index contributed by atoms with van der Waals surface area (Å²) in [4.78, 5) is 12.9. The Morgan fingerprint density at radius 3 is 2.33 bits per heavy atom. The molecule has 2 heteroatoms. The number of fused-ring (bicyclic) bond motifs is 2. The summed E-state index contributed by atoms with van der Waals surface area (Å²) >= 11 is 0. The van der Waals surface area contributed by atoms with Gasteiger partial charge in [-0.15, -0.1) is 0 Å². The lowest BCUT2D eigenvalue weighted by atomic mass is 9.42. The van der Waals surface area contributed by atoms with Gasteiger partial charge in [0.1, 0.15) is 5.78 Å². The van der Waals surface area contributed by atoms with Crippen molar-refractivity contribution >= 4 is 5.78 Å². The topological polar surface area (TPSA) is 37.3 Å². The molecule has 0 aromatic carbocycles. The minimum absolute atomic E-state index is 0.102. The highest BCUT2D eigenvalue weighted by molar-refractivity contribution is 5.86. The number of rotatable bonds is 6. The van der Waals surface area contributed by atoms with Gasteiger partial charge in [-0.25, -0.2) is 0 Å². The van der Waals surface area contributed by atoms with E-state index in [4.69, 9.17) is 0 Å². The largest absolute Gasteiger partial charge is 0.396 e. The van der Waals surface area contributed by atoms with Crippen LogP contribution in [0.1, 0.15) is 112 Å². The number of aliphatic hydroxyl groups excluding tert-OH is 1. The Morgan fingerprint density at radius 1 is 0.970 bits per heavy atom. The molecule has 5 aliphatic rings. The van der Waals surface area contributed by atoms with Gasteiger partial charge in [0.25, 0.3) is 0 Å². The highest BCUT2D eigenvalue weighted by Gasteiger charge is 2.82. The summed E-state index contributed by atoms with van der Waals surface area (Å²) in [6.07, 6.45) is 14.0. The molecular formula is C31H50O2. The van der Waals surface area contributed by atoms with Crippen molar-refractivity contribution < 1.29 is 9.90 Å². The third kappa shape index (κ3) is 2.91. The smallest absolute Gasteiger partial charge is 0.138 e.